The van der Waals surface area contributed by atoms with Crippen LogP contribution in [0, 0.1) is 6.92 Å². The summed E-state index contributed by atoms with van der Waals surface area (Å²) in [7, 11) is -3.73. The monoisotopic (exact) mass is 549 g/mol. The molecule has 1 aliphatic rings. The number of rotatable bonds is 9. The van der Waals surface area contributed by atoms with Crippen molar-refractivity contribution >= 4 is 43.5 Å². The Morgan fingerprint density at radius 1 is 1.12 bits per heavy atom. The zero-order valence-corrected chi connectivity index (χ0v) is 22.2. The molecule has 0 radical (unpaired) electrons. The molecule has 7 nitrogen and oxygen atoms in total. The summed E-state index contributed by atoms with van der Waals surface area (Å²) in [6.07, 6.45) is 5.12. The average Bonchev–Trinajstić information content (AvgIpc) is 3.27. The lowest BCUT2D eigenvalue weighted by molar-refractivity contribution is -0.139. The van der Waals surface area contributed by atoms with Crippen molar-refractivity contribution in [1.82, 2.24) is 10.2 Å². The minimum atomic E-state index is -3.73. The number of carbonyl (C=O) groups is 2. The van der Waals surface area contributed by atoms with Crippen molar-refractivity contribution in [3.63, 3.8) is 0 Å². The van der Waals surface area contributed by atoms with E-state index in [1.54, 1.807) is 25.1 Å². The Hall–Kier alpha value is -2.39. The SMILES string of the molecule is Cc1cccc(N(CC(=O)N(Cc2cccc(Br)c2)[C@H](C)C(=O)NC2CCCC2)S(C)(=O)=O)c1. The van der Waals surface area contributed by atoms with E-state index in [4.69, 9.17) is 0 Å². The van der Waals surface area contributed by atoms with Gasteiger partial charge in [-0.2, -0.15) is 0 Å². The lowest BCUT2D eigenvalue weighted by atomic mass is 10.1. The molecule has 0 bridgehead atoms. The number of carbonyl (C=O) groups excluding carboxylic acids is 2. The highest BCUT2D eigenvalue weighted by atomic mass is 79.9. The maximum absolute atomic E-state index is 13.6. The molecule has 2 aromatic carbocycles. The van der Waals surface area contributed by atoms with Gasteiger partial charge >= 0.3 is 0 Å². The van der Waals surface area contributed by atoms with Crippen LogP contribution in [0.1, 0.15) is 43.7 Å². The highest BCUT2D eigenvalue weighted by Crippen LogP contribution is 2.22. The van der Waals surface area contributed by atoms with Crippen LogP contribution in [-0.4, -0.2) is 50.0 Å². The molecular weight excluding hydrogens is 518 g/mol. The normalized spacial score (nSPS) is 15.1. The van der Waals surface area contributed by atoms with Gasteiger partial charge in [0.15, 0.2) is 0 Å². The molecule has 2 amide bonds. The number of nitrogens with zero attached hydrogens (tertiary/aromatic N) is 2. The summed E-state index contributed by atoms with van der Waals surface area (Å²) in [6, 6.07) is 13.9. The Morgan fingerprint density at radius 2 is 1.79 bits per heavy atom. The highest BCUT2D eigenvalue weighted by molar-refractivity contribution is 9.10. The minimum absolute atomic E-state index is 0.123. The summed E-state index contributed by atoms with van der Waals surface area (Å²) >= 11 is 3.45. The Labute approximate surface area is 210 Å². The predicted molar refractivity (Wildman–Crippen MR) is 138 cm³/mol. The van der Waals surface area contributed by atoms with Gasteiger partial charge in [-0.25, -0.2) is 8.42 Å². The highest BCUT2D eigenvalue weighted by Gasteiger charge is 2.31. The third-order valence-electron chi connectivity index (χ3n) is 6.08. The van der Waals surface area contributed by atoms with Crippen molar-refractivity contribution in [1.29, 1.82) is 0 Å². The summed E-state index contributed by atoms with van der Waals surface area (Å²) < 4.78 is 27.2. The second-order valence-electron chi connectivity index (χ2n) is 8.93. The fourth-order valence-corrected chi connectivity index (χ4v) is 5.49. The number of amides is 2. The summed E-state index contributed by atoms with van der Waals surface area (Å²) in [5.41, 5.74) is 2.14. The van der Waals surface area contributed by atoms with Crippen LogP contribution in [0.3, 0.4) is 0 Å². The number of hydrogen-bond acceptors (Lipinski definition) is 4. The van der Waals surface area contributed by atoms with Gasteiger partial charge in [0, 0.05) is 17.1 Å². The smallest absolute Gasteiger partial charge is 0.244 e. The molecule has 1 fully saturated rings. The van der Waals surface area contributed by atoms with Gasteiger partial charge < -0.3 is 10.2 Å². The van der Waals surface area contributed by atoms with E-state index in [9.17, 15) is 18.0 Å². The Kier molecular flexibility index (Phi) is 8.76. The number of nitrogens with one attached hydrogen (secondary N) is 1. The van der Waals surface area contributed by atoms with Gasteiger partial charge in [-0.1, -0.05) is 53.0 Å². The molecule has 34 heavy (non-hydrogen) atoms. The molecule has 0 heterocycles. The zero-order valence-electron chi connectivity index (χ0n) is 19.8. The third kappa shape index (κ3) is 7.06. The standard InChI is InChI=1S/C25H32BrN3O4S/c1-18-8-6-13-23(14-18)29(34(3,32)33)17-24(30)28(16-20-9-7-10-21(26)15-20)19(2)25(31)27-22-11-4-5-12-22/h6-10,13-15,19,22H,4-5,11-12,16-17H2,1-3H3,(H,27,31)/t19-/m1/s1. The predicted octanol–water partition coefficient (Wildman–Crippen LogP) is 4.00. The number of halogens is 1. The third-order valence-corrected chi connectivity index (χ3v) is 7.71. The van der Waals surface area contributed by atoms with Gasteiger partial charge in [0.2, 0.25) is 21.8 Å². The first-order chi connectivity index (χ1) is 16.0. The molecule has 0 unspecified atom stereocenters. The number of anilines is 1. The van der Waals surface area contributed by atoms with Crippen LogP contribution in [0.2, 0.25) is 0 Å². The zero-order chi connectivity index (χ0) is 24.9. The van der Waals surface area contributed by atoms with Crippen molar-refractivity contribution in [2.75, 3.05) is 17.1 Å². The lowest BCUT2D eigenvalue weighted by Gasteiger charge is -2.32. The Bertz CT molecular complexity index is 1130. The van der Waals surface area contributed by atoms with E-state index >= 15 is 0 Å². The molecule has 0 aromatic heterocycles. The first-order valence-electron chi connectivity index (χ1n) is 11.4. The number of aryl methyl sites for hydroxylation is 1. The maximum Gasteiger partial charge on any atom is 0.244 e. The second-order valence-corrected chi connectivity index (χ2v) is 11.7. The largest absolute Gasteiger partial charge is 0.352 e. The van der Waals surface area contributed by atoms with Crippen molar-refractivity contribution in [3.8, 4) is 0 Å². The van der Waals surface area contributed by atoms with E-state index in [0.717, 1.165) is 51.8 Å². The van der Waals surface area contributed by atoms with Crippen LogP contribution in [0.25, 0.3) is 0 Å². The minimum Gasteiger partial charge on any atom is -0.352 e. The molecule has 184 valence electrons. The molecule has 2 aromatic rings. The van der Waals surface area contributed by atoms with Gasteiger partial charge in [-0.3, -0.25) is 13.9 Å². The van der Waals surface area contributed by atoms with Gasteiger partial charge in [0.25, 0.3) is 0 Å². The molecule has 1 saturated carbocycles. The number of benzene rings is 2. The fraction of sp³-hybridized carbons (Fsp3) is 0.440. The summed E-state index contributed by atoms with van der Waals surface area (Å²) in [5, 5.41) is 3.06. The van der Waals surface area contributed by atoms with Crippen LogP contribution in [0.5, 0.6) is 0 Å². The van der Waals surface area contributed by atoms with Crippen molar-refractivity contribution in [3.05, 3.63) is 64.1 Å². The molecule has 0 spiro atoms. The first-order valence-corrected chi connectivity index (χ1v) is 14.1. The van der Waals surface area contributed by atoms with Gasteiger partial charge in [-0.15, -0.1) is 0 Å². The van der Waals surface area contributed by atoms with Gasteiger partial charge in [-0.05, 0) is 62.1 Å². The van der Waals surface area contributed by atoms with Crippen LogP contribution >= 0.6 is 15.9 Å². The van der Waals surface area contributed by atoms with Crippen molar-refractivity contribution in [2.24, 2.45) is 0 Å². The molecule has 9 heteroatoms. The van der Waals surface area contributed by atoms with Crippen LogP contribution in [-0.2, 0) is 26.2 Å². The quantitative estimate of drug-likeness (QED) is 0.512. The molecule has 0 aliphatic heterocycles. The van der Waals surface area contributed by atoms with Crippen molar-refractivity contribution < 1.29 is 18.0 Å². The maximum atomic E-state index is 13.6. The number of sulfonamides is 1. The first kappa shape index (κ1) is 26.2. The molecule has 0 saturated heterocycles. The average molecular weight is 551 g/mol. The Morgan fingerprint density at radius 3 is 2.41 bits per heavy atom. The van der Waals surface area contributed by atoms with Gasteiger partial charge in [0.1, 0.15) is 12.6 Å². The lowest BCUT2D eigenvalue weighted by Crippen LogP contribution is -2.52. The van der Waals surface area contributed by atoms with E-state index in [-0.39, 0.29) is 18.5 Å². The van der Waals surface area contributed by atoms with E-state index in [2.05, 4.69) is 21.2 Å². The molecule has 1 aliphatic carbocycles. The Balaban J connectivity index is 1.88. The van der Waals surface area contributed by atoms with Gasteiger partial charge in [0.05, 0.1) is 11.9 Å². The topological polar surface area (TPSA) is 86.8 Å². The van der Waals surface area contributed by atoms with E-state index < -0.39 is 28.5 Å². The summed E-state index contributed by atoms with van der Waals surface area (Å²) in [5.74, 6) is -0.669. The summed E-state index contributed by atoms with van der Waals surface area (Å²) in [4.78, 5) is 28.1. The molecule has 3 rings (SSSR count). The summed E-state index contributed by atoms with van der Waals surface area (Å²) in [6.45, 7) is 3.35. The molecule has 1 atom stereocenters. The number of hydrogen-bond donors (Lipinski definition) is 1. The fourth-order valence-electron chi connectivity index (χ4n) is 4.20. The van der Waals surface area contributed by atoms with Crippen molar-refractivity contribution in [2.45, 2.75) is 58.2 Å². The molecular formula is C25H32BrN3O4S. The second kappa shape index (κ2) is 11.4. The molecule has 1 N–H and O–H groups in total. The van der Waals surface area contributed by atoms with Crippen LogP contribution < -0.4 is 9.62 Å². The van der Waals surface area contributed by atoms with E-state index in [1.165, 1.54) is 4.90 Å². The van der Waals surface area contributed by atoms with Crippen LogP contribution in [0.15, 0.2) is 53.0 Å². The van der Waals surface area contributed by atoms with E-state index in [1.807, 2.05) is 37.3 Å². The van der Waals surface area contributed by atoms with Crippen LogP contribution in [0.4, 0.5) is 5.69 Å². The van der Waals surface area contributed by atoms with E-state index in [0.29, 0.717) is 5.69 Å².